The van der Waals surface area contributed by atoms with E-state index < -0.39 is 0 Å². The number of hydrogen-bond acceptors (Lipinski definition) is 2. The van der Waals surface area contributed by atoms with Gasteiger partial charge in [0.05, 0.1) is 6.10 Å². The molecule has 0 aromatic rings. The van der Waals surface area contributed by atoms with E-state index in [0.717, 1.165) is 19.3 Å². The van der Waals surface area contributed by atoms with Crippen molar-refractivity contribution in [1.82, 2.24) is 4.90 Å². The summed E-state index contributed by atoms with van der Waals surface area (Å²) in [5.41, 5.74) is 0.0378. The normalized spacial score (nSPS) is 20.2. The summed E-state index contributed by atoms with van der Waals surface area (Å²) in [4.78, 5) is 2.59. The lowest BCUT2D eigenvalue weighted by atomic mass is 9.79. The van der Waals surface area contributed by atoms with E-state index in [9.17, 15) is 5.11 Å². The number of aliphatic hydroxyl groups excluding tert-OH is 1. The van der Waals surface area contributed by atoms with Crippen molar-refractivity contribution >= 4 is 0 Å². The van der Waals surface area contributed by atoms with Crippen molar-refractivity contribution in [2.45, 2.75) is 97.1 Å². The highest BCUT2D eigenvalue weighted by atomic mass is 16.3. The van der Waals surface area contributed by atoms with Crippen LogP contribution in [-0.2, 0) is 0 Å². The molecule has 0 saturated carbocycles. The maximum absolute atomic E-state index is 11.0. The van der Waals surface area contributed by atoms with E-state index >= 15 is 0 Å². The minimum Gasteiger partial charge on any atom is -0.391 e. The van der Waals surface area contributed by atoms with Gasteiger partial charge in [0.2, 0.25) is 0 Å². The Morgan fingerprint density at radius 2 is 1.65 bits per heavy atom. The molecule has 0 radical (unpaired) electrons. The minimum atomic E-state index is -0.155. The predicted octanol–water partition coefficient (Wildman–Crippen LogP) is 4.61. The van der Waals surface area contributed by atoms with Crippen LogP contribution in [0.4, 0.5) is 0 Å². The summed E-state index contributed by atoms with van der Waals surface area (Å²) < 4.78 is 0. The van der Waals surface area contributed by atoms with E-state index in [-0.39, 0.29) is 11.6 Å². The molecule has 0 aliphatic carbocycles. The van der Waals surface area contributed by atoms with Crippen molar-refractivity contribution in [1.29, 1.82) is 0 Å². The first kappa shape index (κ1) is 18.0. The van der Waals surface area contributed by atoms with Gasteiger partial charge in [-0.2, -0.15) is 0 Å². The summed E-state index contributed by atoms with van der Waals surface area (Å²) in [5, 5.41) is 11.0. The van der Waals surface area contributed by atoms with E-state index in [4.69, 9.17) is 0 Å². The standard InChI is InChI=1S/C18H37NO/c1-5-9-12-16(6-2)15-17(20)18(7-3,8-4)19-13-10-11-14-19/h16-17,20H,5-15H2,1-4H3. The van der Waals surface area contributed by atoms with Gasteiger partial charge in [-0.1, -0.05) is 53.4 Å². The molecule has 120 valence electrons. The molecule has 0 amide bonds. The molecule has 1 heterocycles. The number of aliphatic hydroxyl groups is 1. The van der Waals surface area contributed by atoms with E-state index in [0.29, 0.717) is 5.92 Å². The van der Waals surface area contributed by atoms with E-state index in [2.05, 4.69) is 32.6 Å². The largest absolute Gasteiger partial charge is 0.391 e. The van der Waals surface area contributed by atoms with Gasteiger partial charge in [-0.05, 0) is 51.1 Å². The summed E-state index contributed by atoms with van der Waals surface area (Å²) >= 11 is 0. The lowest BCUT2D eigenvalue weighted by Crippen LogP contribution is -2.55. The molecule has 0 aromatic carbocycles. The first-order chi connectivity index (χ1) is 9.64. The van der Waals surface area contributed by atoms with Crippen LogP contribution in [0.25, 0.3) is 0 Å². The van der Waals surface area contributed by atoms with Gasteiger partial charge in [-0.25, -0.2) is 0 Å². The maximum Gasteiger partial charge on any atom is 0.0726 e. The molecule has 0 aromatic heterocycles. The topological polar surface area (TPSA) is 23.5 Å². The summed E-state index contributed by atoms with van der Waals surface area (Å²) in [5.74, 6) is 0.699. The molecule has 1 saturated heterocycles. The highest BCUT2D eigenvalue weighted by molar-refractivity contribution is 4.97. The van der Waals surface area contributed by atoms with Crippen LogP contribution in [0.3, 0.4) is 0 Å². The third-order valence-electron chi connectivity index (χ3n) is 5.68. The Morgan fingerprint density at radius 3 is 2.10 bits per heavy atom. The Kier molecular flexibility index (Phi) is 8.13. The van der Waals surface area contributed by atoms with Crippen molar-refractivity contribution in [3.05, 3.63) is 0 Å². The molecular weight excluding hydrogens is 246 g/mol. The van der Waals surface area contributed by atoms with E-state index in [1.54, 1.807) is 0 Å². The molecule has 2 unspecified atom stereocenters. The highest BCUT2D eigenvalue weighted by Crippen LogP contribution is 2.35. The smallest absolute Gasteiger partial charge is 0.0726 e. The van der Waals surface area contributed by atoms with Crippen LogP contribution in [0.2, 0.25) is 0 Å². The molecular formula is C18H37NO. The van der Waals surface area contributed by atoms with Crippen LogP contribution in [0.1, 0.15) is 85.5 Å². The van der Waals surface area contributed by atoms with Crippen molar-refractivity contribution in [3.63, 3.8) is 0 Å². The number of hydrogen-bond donors (Lipinski definition) is 1. The third-order valence-corrected chi connectivity index (χ3v) is 5.68. The van der Waals surface area contributed by atoms with Crippen LogP contribution >= 0.6 is 0 Å². The van der Waals surface area contributed by atoms with Crippen LogP contribution in [0.15, 0.2) is 0 Å². The number of likely N-dealkylation sites (tertiary alicyclic amines) is 1. The molecule has 0 spiro atoms. The van der Waals surface area contributed by atoms with Crippen LogP contribution < -0.4 is 0 Å². The Bertz CT molecular complexity index is 244. The Morgan fingerprint density at radius 1 is 1.05 bits per heavy atom. The monoisotopic (exact) mass is 283 g/mol. The Balaban J connectivity index is 2.69. The molecule has 2 atom stereocenters. The SMILES string of the molecule is CCCCC(CC)CC(O)C(CC)(CC)N1CCCC1. The molecule has 0 bridgehead atoms. The molecule has 1 aliphatic rings. The fourth-order valence-electron chi connectivity index (χ4n) is 4.06. The second-order valence-corrected chi connectivity index (χ2v) is 6.67. The van der Waals surface area contributed by atoms with Crippen molar-refractivity contribution in [2.24, 2.45) is 5.92 Å². The van der Waals surface area contributed by atoms with Crippen molar-refractivity contribution in [3.8, 4) is 0 Å². The van der Waals surface area contributed by atoms with Gasteiger partial charge in [-0.3, -0.25) is 4.90 Å². The van der Waals surface area contributed by atoms with Gasteiger partial charge in [0.25, 0.3) is 0 Å². The number of nitrogens with zero attached hydrogens (tertiary/aromatic N) is 1. The molecule has 1 N–H and O–H groups in total. The zero-order valence-corrected chi connectivity index (χ0v) is 14.3. The molecule has 2 nitrogen and oxygen atoms in total. The van der Waals surface area contributed by atoms with Crippen LogP contribution in [0.5, 0.6) is 0 Å². The van der Waals surface area contributed by atoms with Crippen LogP contribution in [-0.4, -0.2) is 34.7 Å². The van der Waals surface area contributed by atoms with Gasteiger partial charge in [0, 0.05) is 5.54 Å². The van der Waals surface area contributed by atoms with Gasteiger partial charge in [0.15, 0.2) is 0 Å². The van der Waals surface area contributed by atoms with E-state index in [1.807, 2.05) is 0 Å². The zero-order valence-electron chi connectivity index (χ0n) is 14.3. The van der Waals surface area contributed by atoms with Gasteiger partial charge < -0.3 is 5.11 Å². The second kappa shape index (κ2) is 9.04. The minimum absolute atomic E-state index is 0.0378. The third kappa shape index (κ3) is 4.21. The molecule has 1 aliphatic heterocycles. The van der Waals surface area contributed by atoms with Gasteiger partial charge in [0.1, 0.15) is 0 Å². The quantitative estimate of drug-likeness (QED) is 0.633. The van der Waals surface area contributed by atoms with Crippen molar-refractivity contribution < 1.29 is 5.11 Å². The lowest BCUT2D eigenvalue weighted by molar-refractivity contribution is -0.0401. The molecule has 1 fully saturated rings. The summed E-state index contributed by atoms with van der Waals surface area (Å²) in [6, 6.07) is 0. The zero-order chi connectivity index (χ0) is 15.0. The Hall–Kier alpha value is -0.0800. The summed E-state index contributed by atoms with van der Waals surface area (Å²) in [7, 11) is 0. The average Bonchev–Trinajstić information content (AvgIpc) is 3.00. The molecule has 20 heavy (non-hydrogen) atoms. The fourth-order valence-corrected chi connectivity index (χ4v) is 4.06. The van der Waals surface area contributed by atoms with E-state index in [1.165, 1.54) is 51.6 Å². The van der Waals surface area contributed by atoms with Crippen molar-refractivity contribution in [2.75, 3.05) is 13.1 Å². The first-order valence-electron chi connectivity index (χ1n) is 9.07. The summed E-state index contributed by atoms with van der Waals surface area (Å²) in [6.45, 7) is 11.4. The van der Waals surface area contributed by atoms with Gasteiger partial charge >= 0.3 is 0 Å². The first-order valence-corrected chi connectivity index (χ1v) is 9.07. The second-order valence-electron chi connectivity index (χ2n) is 6.67. The summed E-state index contributed by atoms with van der Waals surface area (Å²) in [6.07, 6.45) is 10.7. The maximum atomic E-state index is 11.0. The fraction of sp³-hybridized carbons (Fsp3) is 1.00. The highest BCUT2D eigenvalue weighted by Gasteiger charge is 2.41. The lowest BCUT2D eigenvalue weighted by Gasteiger charge is -2.45. The number of rotatable bonds is 10. The number of unbranched alkanes of at least 4 members (excludes halogenated alkanes) is 1. The van der Waals surface area contributed by atoms with Gasteiger partial charge in [-0.15, -0.1) is 0 Å². The predicted molar refractivity (Wildman–Crippen MR) is 88.0 cm³/mol. The Labute approximate surface area is 126 Å². The average molecular weight is 284 g/mol. The van der Waals surface area contributed by atoms with Crippen LogP contribution in [0, 0.1) is 5.92 Å². The molecule has 2 heteroatoms. The molecule has 1 rings (SSSR count).